The highest BCUT2D eigenvalue weighted by Gasteiger charge is 2.04. The summed E-state index contributed by atoms with van der Waals surface area (Å²) in [6.45, 7) is 4.07. The summed E-state index contributed by atoms with van der Waals surface area (Å²) in [5, 5.41) is 7.29. The molecule has 0 saturated heterocycles. The molecule has 0 aliphatic rings. The SMILES string of the molecule is CCNC(=NCc1ccc(CS(C)(=O)=O)cc1)NCCc1cccc(Cl)c1.I. The van der Waals surface area contributed by atoms with Crippen molar-refractivity contribution in [1.29, 1.82) is 0 Å². The summed E-state index contributed by atoms with van der Waals surface area (Å²) in [6.07, 6.45) is 2.09. The standard InChI is InChI=1S/C20H26ClN3O2S.HI/c1-3-22-20(23-12-11-16-5-4-6-19(21)13-16)24-14-17-7-9-18(10-8-17)15-27(2,25)26;/h4-10,13H,3,11-12,14-15H2,1-2H3,(H2,22,23,24);1H. The minimum absolute atomic E-state index is 0. The zero-order valence-corrected chi connectivity index (χ0v) is 20.0. The molecule has 8 heteroatoms. The number of nitrogens with zero attached hydrogens (tertiary/aromatic N) is 1. The highest BCUT2D eigenvalue weighted by Crippen LogP contribution is 2.11. The average molecular weight is 536 g/mol. The van der Waals surface area contributed by atoms with Crippen molar-refractivity contribution in [2.24, 2.45) is 4.99 Å². The monoisotopic (exact) mass is 535 g/mol. The minimum atomic E-state index is -3.01. The van der Waals surface area contributed by atoms with Gasteiger partial charge in [-0.3, -0.25) is 0 Å². The minimum Gasteiger partial charge on any atom is -0.357 e. The van der Waals surface area contributed by atoms with Gasteiger partial charge >= 0.3 is 0 Å². The first-order valence-electron chi connectivity index (χ1n) is 8.88. The van der Waals surface area contributed by atoms with Gasteiger partial charge in [-0.1, -0.05) is 48.0 Å². The Morgan fingerprint density at radius 3 is 2.32 bits per heavy atom. The van der Waals surface area contributed by atoms with Crippen LogP contribution < -0.4 is 10.6 Å². The molecule has 28 heavy (non-hydrogen) atoms. The second kappa shape index (κ2) is 12.3. The van der Waals surface area contributed by atoms with E-state index in [-0.39, 0.29) is 29.7 Å². The topological polar surface area (TPSA) is 70.6 Å². The number of halogens is 2. The van der Waals surface area contributed by atoms with E-state index in [1.807, 2.05) is 49.4 Å². The summed E-state index contributed by atoms with van der Waals surface area (Å²) in [5.41, 5.74) is 2.99. The third-order valence-corrected chi connectivity index (χ3v) is 4.90. The molecule has 154 valence electrons. The van der Waals surface area contributed by atoms with E-state index in [0.29, 0.717) is 6.54 Å². The van der Waals surface area contributed by atoms with Crippen LogP contribution in [0.15, 0.2) is 53.5 Å². The lowest BCUT2D eigenvalue weighted by atomic mass is 10.1. The zero-order valence-electron chi connectivity index (χ0n) is 16.1. The maximum absolute atomic E-state index is 11.3. The third-order valence-electron chi connectivity index (χ3n) is 3.81. The quantitative estimate of drug-likeness (QED) is 0.306. The molecule has 2 aromatic rings. The van der Waals surface area contributed by atoms with Crippen LogP contribution in [0, 0.1) is 0 Å². The number of benzene rings is 2. The smallest absolute Gasteiger partial charge is 0.191 e. The van der Waals surface area contributed by atoms with Crippen molar-refractivity contribution in [1.82, 2.24) is 10.6 Å². The summed E-state index contributed by atoms with van der Waals surface area (Å²) >= 11 is 6.01. The van der Waals surface area contributed by atoms with E-state index in [1.54, 1.807) is 0 Å². The lowest BCUT2D eigenvalue weighted by Crippen LogP contribution is -2.38. The molecule has 5 nitrogen and oxygen atoms in total. The van der Waals surface area contributed by atoms with Crippen molar-refractivity contribution in [3.05, 3.63) is 70.2 Å². The number of rotatable bonds is 8. The molecule has 2 N–H and O–H groups in total. The van der Waals surface area contributed by atoms with Crippen LogP contribution in [0.1, 0.15) is 23.6 Å². The van der Waals surface area contributed by atoms with Crippen LogP contribution >= 0.6 is 35.6 Å². The number of sulfone groups is 1. The summed E-state index contributed by atoms with van der Waals surface area (Å²) in [4.78, 5) is 4.59. The number of hydrogen-bond donors (Lipinski definition) is 2. The maximum atomic E-state index is 11.3. The van der Waals surface area contributed by atoms with Gasteiger partial charge in [0.05, 0.1) is 12.3 Å². The van der Waals surface area contributed by atoms with Crippen LogP contribution in [0.3, 0.4) is 0 Å². The fourth-order valence-corrected chi connectivity index (χ4v) is 3.58. The Kier molecular flexibility index (Phi) is 10.8. The Morgan fingerprint density at radius 2 is 1.71 bits per heavy atom. The third kappa shape index (κ3) is 9.75. The molecule has 0 radical (unpaired) electrons. The predicted octanol–water partition coefficient (Wildman–Crippen LogP) is 3.80. The van der Waals surface area contributed by atoms with Crippen LogP contribution in [0.4, 0.5) is 0 Å². The first-order valence-corrected chi connectivity index (χ1v) is 11.3. The number of aliphatic imine (C=N–C) groups is 1. The Balaban J connectivity index is 0.00000392. The fraction of sp³-hybridized carbons (Fsp3) is 0.350. The lowest BCUT2D eigenvalue weighted by molar-refractivity contribution is 0.601. The normalized spacial score (nSPS) is 11.6. The Morgan fingerprint density at radius 1 is 1.04 bits per heavy atom. The van der Waals surface area contributed by atoms with Crippen LogP contribution in [0.25, 0.3) is 0 Å². The highest BCUT2D eigenvalue weighted by atomic mass is 127. The van der Waals surface area contributed by atoms with Crippen LogP contribution in [-0.4, -0.2) is 33.7 Å². The molecule has 0 amide bonds. The van der Waals surface area contributed by atoms with Gasteiger partial charge in [0.1, 0.15) is 0 Å². The summed E-state index contributed by atoms with van der Waals surface area (Å²) in [5.74, 6) is 0.810. The summed E-state index contributed by atoms with van der Waals surface area (Å²) in [7, 11) is -3.01. The van der Waals surface area contributed by atoms with Gasteiger partial charge < -0.3 is 10.6 Å². The molecular weight excluding hydrogens is 509 g/mol. The zero-order chi connectivity index (χ0) is 19.7. The Labute approximate surface area is 189 Å². The fourth-order valence-electron chi connectivity index (χ4n) is 2.57. The van der Waals surface area contributed by atoms with Crippen molar-refractivity contribution >= 4 is 51.4 Å². The molecule has 0 aliphatic heterocycles. The molecule has 0 aliphatic carbocycles. The van der Waals surface area contributed by atoms with Gasteiger partial charge in [-0.2, -0.15) is 0 Å². The molecular formula is C20H27ClIN3O2S. The lowest BCUT2D eigenvalue weighted by Gasteiger charge is -2.11. The van der Waals surface area contributed by atoms with Gasteiger partial charge in [-0.05, 0) is 42.2 Å². The first kappa shape index (κ1) is 24.7. The van der Waals surface area contributed by atoms with Gasteiger partial charge in [0.15, 0.2) is 15.8 Å². The highest BCUT2D eigenvalue weighted by molar-refractivity contribution is 14.0. The van der Waals surface area contributed by atoms with E-state index < -0.39 is 9.84 Å². The van der Waals surface area contributed by atoms with Crippen molar-refractivity contribution in [3.63, 3.8) is 0 Å². The van der Waals surface area contributed by atoms with Crippen molar-refractivity contribution < 1.29 is 8.42 Å². The molecule has 0 unspecified atom stereocenters. The second-order valence-corrected chi connectivity index (χ2v) is 8.97. The molecule has 0 saturated carbocycles. The molecule has 0 fully saturated rings. The molecule has 2 aromatic carbocycles. The summed E-state index contributed by atoms with van der Waals surface area (Å²) < 4.78 is 22.7. The molecule has 0 bridgehead atoms. The molecule has 0 atom stereocenters. The van der Waals surface area contributed by atoms with Gasteiger partial charge in [0, 0.05) is 24.4 Å². The van der Waals surface area contributed by atoms with Crippen molar-refractivity contribution in [2.45, 2.75) is 25.6 Å². The van der Waals surface area contributed by atoms with Crippen molar-refractivity contribution in [3.8, 4) is 0 Å². The number of guanidine groups is 1. The Bertz CT molecular complexity index is 871. The predicted molar refractivity (Wildman–Crippen MR) is 128 cm³/mol. The molecule has 0 aromatic heterocycles. The molecule has 0 heterocycles. The Hall–Kier alpha value is -1.32. The number of nitrogens with one attached hydrogen (secondary N) is 2. The van der Waals surface area contributed by atoms with Crippen LogP contribution in [-0.2, 0) is 28.6 Å². The van der Waals surface area contributed by atoms with E-state index in [4.69, 9.17) is 11.6 Å². The first-order chi connectivity index (χ1) is 12.9. The van der Waals surface area contributed by atoms with E-state index in [9.17, 15) is 8.42 Å². The van der Waals surface area contributed by atoms with Crippen molar-refractivity contribution in [2.75, 3.05) is 19.3 Å². The largest absolute Gasteiger partial charge is 0.357 e. The second-order valence-electron chi connectivity index (χ2n) is 6.39. The average Bonchev–Trinajstić information content (AvgIpc) is 2.60. The van der Waals surface area contributed by atoms with Gasteiger partial charge in [0.2, 0.25) is 0 Å². The maximum Gasteiger partial charge on any atom is 0.191 e. The van der Waals surface area contributed by atoms with Gasteiger partial charge in [-0.15, -0.1) is 24.0 Å². The van der Waals surface area contributed by atoms with Crippen LogP contribution in [0.5, 0.6) is 0 Å². The van der Waals surface area contributed by atoms with E-state index >= 15 is 0 Å². The van der Waals surface area contributed by atoms with Gasteiger partial charge in [0.25, 0.3) is 0 Å². The van der Waals surface area contributed by atoms with E-state index in [1.165, 1.54) is 11.8 Å². The summed E-state index contributed by atoms with van der Waals surface area (Å²) in [6, 6.07) is 15.3. The van der Waals surface area contributed by atoms with E-state index in [0.717, 1.165) is 41.6 Å². The number of hydrogen-bond acceptors (Lipinski definition) is 3. The van der Waals surface area contributed by atoms with Crippen LogP contribution in [0.2, 0.25) is 5.02 Å². The molecule has 0 spiro atoms. The van der Waals surface area contributed by atoms with Gasteiger partial charge in [-0.25, -0.2) is 13.4 Å². The van der Waals surface area contributed by atoms with E-state index in [2.05, 4.69) is 21.7 Å². The molecule has 2 rings (SSSR count).